The summed E-state index contributed by atoms with van der Waals surface area (Å²) in [5, 5.41) is 11.6. The zero-order valence-electron chi connectivity index (χ0n) is 18.5. The summed E-state index contributed by atoms with van der Waals surface area (Å²) in [7, 11) is 1.83. The summed E-state index contributed by atoms with van der Waals surface area (Å²) >= 11 is 2.08. The SMILES string of the molecule is CCOC(=O)c1c(C[S+]([O-])c2ccccc2)n(C)c2cc(Br)c(O)c(Cn3ccnc3C)c12. The van der Waals surface area contributed by atoms with Crippen molar-refractivity contribution >= 4 is 44.0 Å². The molecule has 2 aromatic carbocycles. The second-order valence-electron chi connectivity index (χ2n) is 7.59. The van der Waals surface area contributed by atoms with E-state index in [1.165, 1.54) is 0 Å². The lowest BCUT2D eigenvalue weighted by Gasteiger charge is -2.13. The van der Waals surface area contributed by atoms with Crippen molar-refractivity contribution in [3.8, 4) is 5.75 Å². The molecule has 2 heterocycles. The van der Waals surface area contributed by atoms with E-state index in [2.05, 4.69) is 20.9 Å². The number of ether oxygens (including phenoxy) is 1. The van der Waals surface area contributed by atoms with Gasteiger partial charge in [-0.1, -0.05) is 18.2 Å². The van der Waals surface area contributed by atoms with Crippen molar-refractivity contribution in [3.05, 3.63) is 75.9 Å². The molecule has 2 aromatic heterocycles. The molecule has 4 rings (SSSR count). The number of aromatic nitrogens is 3. The van der Waals surface area contributed by atoms with Crippen molar-refractivity contribution in [2.45, 2.75) is 31.0 Å². The third-order valence-electron chi connectivity index (χ3n) is 5.64. The second kappa shape index (κ2) is 9.62. The molecule has 9 heteroatoms. The van der Waals surface area contributed by atoms with Gasteiger partial charge in [0.2, 0.25) is 0 Å². The highest BCUT2D eigenvalue weighted by Crippen LogP contribution is 2.40. The molecule has 4 aromatic rings. The summed E-state index contributed by atoms with van der Waals surface area (Å²) < 4.78 is 22.8. The van der Waals surface area contributed by atoms with Crippen molar-refractivity contribution in [2.75, 3.05) is 6.61 Å². The normalized spacial score (nSPS) is 12.3. The van der Waals surface area contributed by atoms with Crippen molar-refractivity contribution in [1.29, 1.82) is 0 Å². The molecule has 0 radical (unpaired) electrons. The number of benzene rings is 2. The fourth-order valence-electron chi connectivity index (χ4n) is 3.95. The highest BCUT2D eigenvalue weighted by Gasteiger charge is 2.30. The average molecular weight is 530 g/mol. The number of phenolic OH excluding ortho intramolecular Hbond substituents is 1. The maximum Gasteiger partial charge on any atom is 0.340 e. The minimum Gasteiger partial charge on any atom is -0.611 e. The van der Waals surface area contributed by atoms with Crippen LogP contribution in [0, 0.1) is 6.92 Å². The number of imidazole rings is 1. The Hall–Kier alpha value is -2.75. The van der Waals surface area contributed by atoms with Crippen LogP contribution in [0.5, 0.6) is 5.75 Å². The Kier molecular flexibility index (Phi) is 6.83. The van der Waals surface area contributed by atoms with Crippen LogP contribution in [-0.4, -0.2) is 36.4 Å². The predicted molar refractivity (Wildman–Crippen MR) is 131 cm³/mol. The number of esters is 1. The van der Waals surface area contributed by atoms with Crippen LogP contribution < -0.4 is 0 Å². The van der Waals surface area contributed by atoms with Gasteiger partial charge in [0.15, 0.2) is 10.6 Å². The molecule has 0 aliphatic carbocycles. The van der Waals surface area contributed by atoms with E-state index in [1.807, 2.05) is 47.5 Å². The van der Waals surface area contributed by atoms with Gasteiger partial charge in [0.1, 0.15) is 11.6 Å². The lowest BCUT2D eigenvalue weighted by Crippen LogP contribution is -2.14. The van der Waals surface area contributed by atoms with Crippen LogP contribution >= 0.6 is 15.9 Å². The van der Waals surface area contributed by atoms with Gasteiger partial charge in [0, 0.05) is 30.4 Å². The Bertz CT molecular complexity index is 1320. The molecule has 33 heavy (non-hydrogen) atoms. The van der Waals surface area contributed by atoms with E-state index in [-0.39, 0.29) is 18.1 Å². The van der Waals surface area contributed by atoms with Gasteiger partial charge in [0.05, 0.1) is 34.4 Å². The molecule has 1 atom stereocenters. The van der Waals surface area contributed by atoms with Gasteiger partial charge >= 0.3 is 5.97 Å². The molecule has 0 spiro atoms. The minimum absolute atomic E-state index is 0.0440. The van der Waals surface area contributed by atoms with Crippen molar-refractivity contribution in [2.24, 2.45) is 7.05 Å². The van der Waals surface area contributed by atoms with Crippen LogP contribution in [0.1, 0.15) is 34.4 Å². The van der Waals surface area contributed by atoms with Gasteiger partial charge in [-0.3, -0.25) is 0 Å². The summed E-state index contributed by atoms with van der Waals surface area (Å²) in [6, 6.07) is 10.9. The zero-order chi connectivity index (χ0) is 23.7. The Morgan fingerprint density at radius 2 is 2.03 bits per heavy atom. The molecule has 172 valence electrons. The zero-order valence-corrected chi connectivity index (χ0v) is 20.9. The number of hydrogen-bond donors (Lipinski definition) is 1. The first-order valence-electron chi connectivity index (χ1n) is 10.4. The first kappa shape index (κ1) is 23.4. The van der Waals surface area contributed by atoms with Crippen LogP contribution in [0.15, 0.2) is 58.2 Å². The molecular weight excluding hydrogens is 506 g/mol. The number of hydrogen-bond acceptors (Lipinski definition) is 5. The molecule has 0 saturated carbocycles. The number of rotatable bonds is 7. The molecule has 1 unspecified atom stereocenters. The van der Waals surface area contributed by atoms with Gasteiger partial charge in [-0.2, -0.15) is 0 Å². The molecular formula is C24H24BrN3O4S. The van der Waals surface area contributed by atoms with E-state index in [1.54, 1.807) is 31.3 Å². The number of carbonyl (C=O) groups excluding carboxylic acids is 1. The summed E-state index contributed by atoms with van der Waals surface area (Å²) in [6.45, 7) is 4.13. The molecule has 0 aliphatic heterocycles. The molecule has 0 fully saturated rings. The number of aryl methyl sites for hydroxylation is 2. The molecule has 1 N–H and O–H groups in total. The number of phenols is 1. The topological polar surface area (TPSA) is 92.3 Å². The Morgan fingerprint density at radius 3 is 2.67 bits per heavy atom. The number of fused-ring (bicyclic) bond motifs is 1. The molecule has 0 amide bonds. The Morgan fingerprint density at radius 1 is 1.30 bits per heavy atom. The van der Waals surface area contributed by atoms with E-state index in [0.717, 1.165) is 11.3 Å². The first-order valence-corrected chi connectivity index (χ1v) is 12.5. The quantitative estimate of drug-likeness (QED) is 0.277. The van der Waals surface area contributed by atoms with Crippen LogP contribution in [0.3, 0.4) is 0 Å². The van der Waals surface area contributed by atoms with Gasteiger partial charge in [-0.15, -0.1) is 0 Å². The number of carbonyl (C=O) groups is 1. The summed E-state index contributed by atoms with van der Waals surface area (Å²) in [5.74, 6) is 0.447. The highest BCUT2D eigenvalue weighted by molar-refractivity contribution is 9.10. The predicted octanol–water partition coefficient (Wildman–Crippen LogP) is 4.68. The van der Waals surface area contributed by atoms with Crippen molar-refractivity contribution in [3.63, 3.8) is 0 Å². The molecule has 0 aliphatic rings. The van der Waals surface area contributed by atoms with Crippen LogP contribution in [0.4, 0.5) is 0 Å². The smallest absolute Gasteiger partial charge is 0.340 e. The van der Waals surface area contributed by atoms with E-state index < -0.39 is 17.1 Å². The van der Waals surface area contributed by atoms with E-state index >= 15 is 0 Å². The Labute approximate surface area is 203 Å². The van der Waals surface area contributed by atoms with Crippen molar-refractivity contribution < 1.29 is 19.2 Å². The monoisotopic (exact) mass is 529 g/mol. The summed E-state index contributed by atoms with van der Waals surface area (Å²) in [4.78, 5) is 18.1. The number of aromatic hydroxyl groups is 1. The second-order valence-corrected chi connectivity index (χ2v) is 9.89. The van der Waals surface area contributed by atoms with Crippen LogP contribution in [0.2, 0.25) is 0 Å². The van der Waals surface area contributed by atoms with E-state index in [0.29, 0.717) is 38.1 Å². The van der Waals surface area contributed by atoms with E-state index in [4.69, 9.17) is 4.74 Å². The average Bonchev–Trinajstić information content (AvgIpc) is 3.33. The van der Waals surface area contributed by atoms with Gasteiger partial charge in [-0.25, -0.2) is 9.78 Å². The first-order chi connectivity index (χ1) is 15.8. The maximum absolute atomic E-state index is 13.2. The largest absolute Gasteiger partial charge is 0.611 e. The fraction of sp³-hybridized carbons (Fsp3) is 0.250. The summed E-state index contributed by atoms with van der Waals surface area (Å²) in [6.07, 6.45) is 3.51. The lowest BCUT2D eigenvalue weighted by molar-refractivity contribution is 0.0527. The van der Waals surface area contributed by atoms with Crippen LogP contribution in [0.25, 0.3) is 10.9 Å². The molecule has 0 bridgehead atoms. The molecule has 7 nitrogen and oxygen atoms in total. The summed E-state index contributed by atoms with van der Waals surface area (Å²) in [5.41, 5.74) is 2.22. The van der Waals surface area contributed by atoms with E-state index in [9.17, 15) is 14.5 Å². The van der Waals surface area contributed by atoms with Gasteiger partial charge in [-0.05, 0) is 59.2 Å². The standard InChI is InChI=1S/C24H24BrN3O4S/c1-4-32-24(30)22-20(14-33(31)16-8-6-5-7-9-16)27(3)19-12-18(25)23(29)17(21(19)22)13-28-11-10-26-15(28)2/h5-12,29H,4,13-14H2,1-3H3. The third kappa shape index (κ3) is 4.40. The fourth-order valence-corrected chi connectivity index (χ4v) is 5.62. The lowest BCUT2D eigenvalue weighted by atomic mass is 10.0. The highest BCUT2D eigenvalue weighted by atomic mass is 79.9. The number of halogens is 1. The maximum atomic E-state index is 13.2. The minimum atomic E-state index is -1.37. The van der Waals surface area contributed by atoms with Gasteiger partial charge < -0.3 is 23.5 Å². The Balaban J connectivity index is 1.95. The third-order valence-corrected chi connectivity index (χ3v) is 7.58. The van der Waals surface area contributed by atoms with Gasteiger partial charge in [0.25, 0.3) is 0 Å². The van der Waals surface area contributed by atoms with Crippen LogP contribution in [-0.2, 0) is 35.3 Å². The van der Waals surface area contributed by atoms with Crippen molar-refractivity contribution in [1.82, 2.24) is 14.1 Å². The molecule has 0 saturated heterocycles. The number of nitrogens with zero attached hydrogens (tertiary/aromatic N) is 3.